The van der Waals surface area contributed by atoms with Crippen molar-refractivity contribution in [3.63, 3.8) is 0 Å². The zero-order chi connectivity index (χ0) is 19.0. The number of ether oxygens (including phenoxy) is 1. The molecule has 1 heterocycles. The van der Waals surface area contributed by atoms with Gasteiger partial charge < -0.3 is 4.74 Å². The van der Waals surface area contributed by atoms with Crippen LogP contribution in [0.5, 0.6) is 5.75 Å². The van der Waals surface area contributed by atoms with E-state index in [2.05, 4.69) is 15.0 Å². The van der Waals surface area contributed by atoms with Crippen LogP contribution in [-0.2, 0) is 4.79 Å². The zero-order valence-electron chi connectivity index (χ0n) is 13.0. The lowest BCUT2D eigenvalue weighted by atomic mass is 10.2. The normalized spacial score (nSPS) is 11.0. The summed E-state index contributed by atoms with van der Waals surface area (Å²) >= 11 is 1.16. The van der Waals surface area contributed by atoms with E-state index < -0.39 is 47.3 Å². The predicted molar refractivity (Wildman–Crippen MR) is 84.7 cm³/mol. The number of fused-ring (bicyclic) bond motifs is 1. The number of halogens is 5. The minimum Gasteiger partial charge on any atom is -0.477 e. The second-order valence-corrected chi connectivity index (χ2v) is 6.26. The van der Waals surface area contributed by atoms with Crippen LogP contribution in [0.15, 0.2) is 18.2 Å². The second kappa shape index (κ2) is 6.87. The number of aryl methyl sites for hydroxylation is 1. The summed E-state index contributed by atoms with van der Waals surface area (Å²) in [6, 6.07) is 5.44. The molecule has 1 aromatic heterocycles. The summed E-state index contributed by atoms with van der Waals surface area (Å²) in [7, 11) is 0. The van der Waals surface area contributed by atoms with Crippen molar-refractivity contribution in [3.05, 3.63) is 52.8 Å². The fraction of sp³-hybridized carbons (Fsp3) is 0.125. The lowest BCUT2D eigenvalue weighted by Gasteiger charge is -2.09. The van der Waals surface area contributed by atoms with Gasteiger partial charge in [-0.1, -0.05) is 17.4 Å². The van der Waals surface area contributed by atoms with Gasteiger partial charge in [0, 0.05) is 0 Å². The number of nitrogens with zero attached hydrogens (tertiary/aromatic N) is 1. The van der Waals surface area contributed by atoms with E-state index in [9.17, 15) is 26.7 Å². The second-order valence-electron chi connectivity index (χ2n) is 5.23. The first-order valence-corrected chi connectivity index (χ1v) is 7.91. The smallest absolute Gasteiger partial charge is 0.264 e. The number of benzene rings is 2. The third-order valence-electron chi connectivity index (χ3n) is 3.31. The van der Waals surface area contributed by atoms with Gasteiger partial charge in [0.1, 0.15) is 0 Å². The maximum Gasteiger partial charge on any atom is 0.264 e. The molecule has 0 saturated carbocycles. The van der Waals surface area contributed by atoms with Crippen molar-refractivity contribution in [2.24, 2.45) is 0 Å². The fourth-order valence-corrected chi connectivity index (χ4v) is 3.07. The number of hydrogen-bond donors (Lipinski definition) is 1. The Morgan fingerprint density at radius 3 is 2.35 bits per heavy atom. The zero-order valence-corrected chi connectivity index (χ0v) is 13.8. The Morgan fingerprint density at radius 1 is 1.08 bits per heavy atom. The van der Waals surface area contributed by atoms with Crippen molar-refractivity contribution in [2.45, 2.75) is 6.92 Å². The number of carbonyl (C=O) groups is 1. The van der Waals surface area contributed by atoms with Crippen LogP contribution in [0.1, 0.15) is 5.56 Å². The highest BCUT2D eigenvalue weighted by molar-refractivity contribution is 7.22. The van der Waals surface area contributed by atoms with E-state index in [1.54, 1.807) is 6.07 Å². The molecular weight excluding hydrogens is 379 g/mol. The summed E-state index contributed by atoms with van der Waals surface area (Å²) in [6.07, 6.45) is 0. The number of carbonyl (C=O) groups excluding carboxylic acids is 1. The Bertz CT molecular complexity index is 993. The molecule has 0 aliphatic heterocycles. The number of amides is 1. The van der Waals surface area contributed by atoms with Crippen molar-refractivity contribution in [1.29, 1.82) is 0 Å². The molecule has 0 unspecified atom stereocenters. The molecule has 1 amide bonds. The number of rotatable bonds is 4. The van der Waals surface area contributed by atoms with E-state index in [0.29, 0.717) is 5.52 Å². The minimum absolute atomic E-state index is 0.205. The van der Waals surface area contributed by atoms with Crippen molar-refractivity contribution >= 4 is 32.6 Å². The number of anilines is 1. The molecule has 0 aliphatic rings. The van der Waals surface area contributed by atoms with E-state index in [1.807, 2.05) is 19.1 Å². The molecular formula is C16H9F5N2O2S. The van der Waals surface area contributed by atoms with Gasteiger partial charge in [-0.15, -0.1) is 0 Å². The van der Waals surface area contributed by atoms with Crippen LogP contribution in [0.2, 0.25) is 0 Å². The van der Waals surface area contributed by atoms with E-state index in [0.717, 1.165) is 21.6 Å². The number of thiazole rings is 1. The van der Waals surface area contributed by atoms with Gasteiger partial charge in [-0.05, 0) is 24.6 Å². The summed E-state index contributed by atoms with van der Waals surface area (Å²) in [5.74, 6) is -13.3. The Morgan fingerprint density at radius 2 is 1.69 bits per heavy atom. The quantitative estimate of drug-likeness (QED) is 0.412. The molecule has 0 spiro atoms. The monoisotopic (exact) mass is 388 g/mol. The average Bonchev–Trinajstić information content (AvgIpc) is 2.99. The van der Waals surface area contributed by atoms with Gasteiger partial charge in [-0.3, -0.25) is 10.1 Å². The van der Waals surface area contributed by atoms with E-state index in [1.165, 1.54) is 0 Å². The first kappa shape index (κ1) is 18.1. The summed E-state index contributed by atoms with van der Waals surface area (Å²) in [6.45, 7) is 0.919. The Kier molecular flexibility index (Phi) is 4.77. The van der Waals surface area contributed by atoms with Crippen molar-refractivity contribution in [1.82, 2.24) is 4.98 Å². The molecule has 26 heavy (non-hydrogen) atoms. The summed E-state index contributed by atoms with van der Waals surface area (Å²) < 4.78 is 71.3. The predicted octanol–water partition coefficient (Wildman–Crippen LogP) is 4.32. The number of hydrogen-bond acceptors (Lipinski definition) is 4. The lowest BCUT2D eigenvalue weighted by Crippen LogP contribution is -2.21. The molecule has 136 valence electrons. The highest BCUT2D eigenvalue weighted by Gasteiger charge is 2.27. The van der Waals surface area contributed by atoms with Crippen LogP contribution in [0.4, 0.5) is 27.1 Å². The van der Waals surface area contributed by atoms with Crippen LogP contribution >= 0.6 is 11.3 Å². The maximum atomic E-state index is 13.5. The molecule has 0 radical (unpaired) electrons. The summed E-state index contributed by atoms with van der Waals surface area (Å²) in [4.78, 5) is 16.0. The standard InChI is InChI=1S/C16H9F5N2O2S/c1-6-2-3-7-8(4-6)26-16(22-7)23-9(24)5-25-15-13(20)11(18)10(17)12(19)14(15)21/h2-4H,5H2,1H3,(H,22,23,24). The maximum absolute atomic E-state index is 13.5. The Balaban J connectivity index is 1.73. The van der Waals surface area contributed by atoms with Gasteiger partial charge in [0.15, 0.2) is 17.5 Å². The average molecular weight is 388 g/mol. The largest absolute Gasteiger partial charge is 0.477 e. The first-order valence-electron chi connectivity index (χ1n) is 7.09. The van der Waals surface area contributed by atoms with Crippen LogP contribution < -0.4 is 10.1 Å². The molecule has 3 aromatic rings. The van der Waals surface area contributed by atoms with Gasteiger partial charge in [0.2, 0.25) is 29.1 Å². The highest BCUT2D eigenvalue weighted by Crippen LogP contribution is 2.29. The fourth-order valence-electron chi connectivity index (χ4n) is 2.09. The van der Waals surface area contributed by atoms with Crippen LogP contribution in [-0.4, -0.2) is 17.5 Å². The van der Waals surface area contributed by atoms with Crippen molar-refractivity contribution in [2.75, 3.05) is 11.9 Å². The minimum atomic E-state index is -2.30. The molecule has 4 nitrogen and oxygen atoms in total. The van der Waals surface area contributed by atoms with Gasteiger partial charge in [-0.2, -0.15) is 8.78 Å². The van der Waals surface area contributed by atoms with Crippen LogP contribution in [0.25, 0.3) is 10.2 Å². The topological polar surface area (TPSA) is 51.2 Å². The molecule has 0 aliphatic carbocycles. The number of nitrogens with one attached hydrogen (secondary N) is 1. The highest BCUT2D eigenvalue weighted by atomic mass is 32.1. The van der Waals surface area contributed by atoms with Gasteiger partial charge in [0.25, 0.3) is 5.91 Å². The molecule has 0 atom stereocenters. The van der Waals surface area contributed by atoms with E-state index in [-0.39, 0.29) is 5.13 Å². The number of aromatic nitrogens is 1. The molecule has 0 fully saturated rings. The third kappa shape index (κ3) is 3.32. The van der Waals surface area contributed by atoms with Crippen molar-refractivity contribution < 1.29 is 31.5 Å². The van der Waals surface area contributed by atoms with Crippen LogP contribution in [0.3, 0.4) is 0 Å². The van der Waals surface area contributed by atoms with Crippen LogP contribution in [0, 0.1) is 36.0 Å². The molecule has 0 bridgehead atoms. The molecule has 1 N–H and O–H groups in total. The van der Waals surface area contributed by atoms with Gasteiger partial charge in [-0.25, -0.2) is 18.2 Å². The molecule has 0 saturated heterocycles. The Labute approximate surface area is 147 Å². The molecule has 10 heteroatoms. The molecule has 3 rings (SSSR count). The SMILES string of the molecule is Cc1ccc2nc(NC(=O)COc3c(F)c(F)c(F)c(F)c3F)sc2c1. The van der Waals surface area contributed by atoms with Crippen molar-refractivity contribution in [3.8, 4) is 5.75 Å². The van der Waals surface area contributed by atoms with E-state index >= 15 is 0 Å². The first-order chi connectivity index (χ1) is 12.3. The van der Waals surface area contributed by atoms with E-state index in [4.69, 9.17) is 0 Å². The Hall–Kier alpha value is -2.75. The molecule has 2 aromatic carbocycles. The summed E-state index contributed by atoms with van der Waals surface area (Å²) in [5.41, 5.74) is 1.63. The third-order valence-corrected chi connectivity index (χ3v) is 4.24. The summed E-state index contributed by atoms with van der Waals surface area (Å²) in [5, 5.41) is 2.54. The van der Waals surface area contributed by atoms with Gasteiger partial charge in [0.05, 0.1) is 10.2 Å². The lowest BCUT2D eigenvalue weighted by molar-refractivity contribution is -0.118. The van der Waals surface area contributed by atoms with Gasteiger partial charge >= 0.3 is 0 Å².